The van der Waals surface area contributed by atoms with Crippen LogP contribution in [0.5, 0.6) is 5.75 Å². The van der Waals surface area contributed by atoms with Crippen LogP contribution in [0.25, 0.3) is 0 Å². The molecular weight excluding hydrogens is 246 g/mol. The van der Waals surface area contributed by atoms with Crippen LogP contribution in [0.4, 0.5) is 5.69 Å². The lowest BCUT2D eigenvalue weighted by atomic mass is 10.2. The Kier molecular flexibility index (Phi) is 4.53. The van der Waals surface area contributed by atoms with E-state index in [2.05, 4.69) is 0 Å². The van der Waals surface area contributed by atoms with Crippen molar-refractivity contribution in [1.29, 1.82) is 0 Å². The largest absolute Gasteiger partial charge is 0.495 e. The summed E-state index contributed by atoms with van der Waals surface area (Å²) in [6.45, 7) is 5.13. The van der Waals surface area contributed by atoms with Crippen LogP contribution in [0.1, 0.15) is 20.8 Å². The molecule has 19 heavy (non-hydrogen) atoms. The zero-order valence-corrected chi connectivity index (χ0v) is 11.9. The highest BCUT2D eigenvalue weighted by atomic mass is 16.6. The molecule has 0 aliphatic carbocycles. The van der Waals surface area contributed by atoms with Gasteiger partial charge in [0.05, 0.1) is 12.8 Å². The Balaban J connectivity index is 2.91. The number of carbonyl (C=O) groups is 2. The van der Waals surface area contributed by atoms with Gasteiger partial charge < -0.3 is 14.4 Å². The van der Waals surface area contributed by atoms with Crippen molar-refractivity contribution in [2.75, 3.05) is 19.1 Å². The summed E-state index contributed by atoms with van der Waals surface area (Å²) < 4.78 is 10.2. The molecule has 0 bridgehead atoms. The van der Waals surface area contributed by atoms with Crippen molar-refractivity contribution in [2.24, 2.45) is 0 Å². The smallest absolute Gasteiger partial charge is 0.397 e. The summed E-state index contributed by atoms with van der Waals surface area (Å²) >= 11 is 0. The lowest BCUT2D eigenvalue weighted by Gasteiger charge is -2.23. The number of anilines is 1. The van der Waals surface area contributed by atoms with E-state index >= 15 is 0 Å². The van der Waals surface area contributed by atoms with Crippen molar-refractivity contribution < 1.29 is 19.1 Å². The number of nitrogens with zero attached hydrogens (tertiary/aromatic N) is 1. The molecule has 104 valence electrons. The summed E-state index contributed by atoms with van der Waals surface area (Å²) in [5.41, 5.74) is -0.185. The predicted octanol–water partition coefficient (Wildman–Crippen LogP) is 2.00. The summed E-state index contributed by atoms with van der Waals surface area (Å²) in [7, 11) is 3.01. The third kappa shape index (κ3) is 3.98. The van der Waals surface area contributed by atoms with Gasteiger partial charge in [-0.05, 0) is 32.9 Å². The standard InChI is InChI=1S/C14H19NO4/c1-14(2,3)19-13(17)12(16)15(4)10-8-6-7-9-11(10)18-5/h6-9H,1-5H3. The van der Waals surface area contributed by atoms with Crippen LogP contribution in [0.15, 0.2) is 24.3 Å². The monoisotopic (exact) mass is 265 g/mol. The number of ether oxygens (including phenoxy) is 2. The quantitative estimate of drug-likeness (QED) is 0.606. The predicted molar refractivity (Wildman–Crippen MR) is 72.2 cm³/mol. The minimum absolute atomic E-state index is 0.515. The number of methoxy groups -OCH3 is 1. The van der Waals surface area contributed by atoms with Gasteiger partial charge in [-0.15, -0.1) is 0 Å². The average molecular weight is 265 g/mol. The highest BCUT2D eigenvalue weighted by Gasteiger charge is 2.27. The van der Waals surface area contributed by atoms with Crippen LogP contribution in [-0.4, -0.2) is 31.6 Å². The van der Waals surface area contributed by atoms with Crippen LogP contribution in [0.3, 0.4) is 0 Å². The topological polar surface area (TPSA) is 55.8 Å². The Morgan fingerprint density at radius 1 is 1.16 bits per heavy atom. The molecule has 1 amide bonds. The lowest BCUT2D eigenvalue weighted by molar-refractivity contribution is -0.162. The lowest BCUT2D eigenvalue weighted by Crippen LogP contribution is -2.38. The number of carbonyl (C=O) groups excluding carboxylic acids is 2. The molecule has 0 N–H and O–H groups in total. The Bertz CT molecular complexity index is 477. The maximum atomic E-state index is 12.0. The van der Waals surface area contributed by atoms with Gasteiger partial charge in [-0.3, -0.25) is 4.79 Å². The number of likely N-dealkylation sites (N-methyl/N-ethyl adjacent to an activating group) is 1. The molecular formula is C14H19NO4. The zero-order valence-electron chi connectivity index (χ0n) is 11.9. The van der Waals surface area contributed by atoms with Crippen molar-refractivity contribution in [2.45, 2.75) is 26.4 Å². The Hall–Kier alpha value is -2.04. The summed E-state index contributed by atoms with van der Waals surface area (Å²) in [5.74, 6) is -1.11. The second-order valence-corrected chi connectivity index (χ2v) is 5.04. The van der Waals surface area contributed by atoms with Gasteiger partial charge in [0, 0.05) is 7.05 Å². The van der Waals surface area contributed by atoms with E-state index in [1.807, 2.05) is 0 Å². The molecule has 0 radical (unpaired) electrons. The first kappa shape index (κ1) is 15.0. The Labute approximate surface area is 113 Å². The molecule has 0 atom stereocenters. The first-order chi connectivity index (χ1) is 8.76. The van der Waals surface area contributed by atoms with Crippen LogP contribution in [0, 0.1) is 0 Å². The highest BCUT2D eigenvalue weighted by Crippen LogP contribution is 2.26. The van der Waals surface area contributed by atoms with Gasteiger partial charge in [0.25, 0.3) is 0 Å². The van der Waals surface area contributed by atoms with Gasteiger partial charge in [0.15, 0.2) is 0 Å². The van der Waals surface area contributed by atoms with Crippen molar-refractivity contribution in [1.82, 2.24) is 0 Å². The third-order valence-corrected chi connectivity index (χ3v) is 2.32. The summed E-state index contributed by atoms with van der Waals surface area (Å²) in [6.07, 6.45) is 0. The maximum absolute atomic E-state index is 12.0. The number of esters is 1. The molecule has 0 aliphatic heterocycles. The SMILES string of the molecule is COc1ccccc1N(C)C(=O)C(=O)OC(C)(C)C. The number of amides is 1. The number of benzene rings is 1. The number of rotatable bonds is 2. The van der Waals surface area contributed by atoms with E-state index in [4.69, 9.17) is 9.47 Å². The van der Waals surface area contributed by atoms with E-state index < -0.39 is 17.5 Å². The fourth-order valence-electron chi connectivity index (χ4n) is 1.47. The zero-order chi connectivity index (χ0) is 14.6. The molecule has 0 fully saturated rings. The number of hydrogen-bond acceptors (Lipinski definition) is 4. The fourth-order valence-corrected chi connectivity index (χ4v) is 1.47. The normalized spacial score (nSPS) is 10.8. The van der Waals surface area contributed by atoms with Crippen molar-refractivity contribution in [3.8, 4) is 5.75 Å². The van der Waals surface area contributed by atoms with Crippen molar-refractivity contribution in [3.63, 3.8) is 0 Å². The van der Waals surface area contributed by atoms with E-state index in [1.54, 1.807) is 45.0 Å². The van der Waals surface area contributed by atoms with Gasteiger partial charge in [0.1, 0.15) is 11.4 Å². The molecule has 0 aliphatic rings. The molecule has 5 heteroatoms. The third-order valence-electron chi connectivity index (χ3n) is 2.32. The molecule has 0 saturated carbocycles. The van der Waals surface area contributed by atoms with Crippen LogP contribution >= 0.6 is 0 Å². The summed E-state index contributed by atoms with van der Waals surface area (Å²) in [4.78, 5) is 24.9. The first-order valence-electron chi connectivity index (χ1n) is 5.90. The molecule has 0 heterocycles. The molecule has 1 aromatic carbocycles. The van der Waals surface area contributed by atoms with Crippen molar-refractivity contribution >= 4 is 17.6 Å². The van der Waals surface area contributed by atoms with E-state index in [-0.39, 0.29) is 0 Å². The number of hydrogen-bond donors (Lipinski definition) is 0. The molecule has 0 spiro atoms. The second kappa shape index (κ2) is 5.73. The van der Waals surface area contributed by atoms with Crippen LogP contribution in [-0.2, 0) is 14.3 Å². The van der Waals surface area contributed by atoms with E-state index in [0.717, 1.165) is 0 Å². The molecule has 0 aromatic heterocycles. The molecule has 1 aromatic rings. The Morgan fingerprint density at radius 3 is 2.26 bits per heavy atom. The van der Waals surface area contributed by atoms with Gasteiger partial charge >= 0.3 is 11.9 Å². The molecule has 1 rings (SSSR count). The van der Waals surface area contributed by atoms with Gasteiger partial charge in [-0.25, -0.2) is 4.79 Å². The van der Waals surface area contributed by atoms with Crippen LogP contribution in [0.2, 0.25) is 0 Å². The molecule has 0 unspecified atom stereocenters. The minimum Gasteiger partial charge on any atom is -0.495 e. The van der Waals surface area contributed by atoms with E-state index in [0.29, 0.717) is 11.4 Å². The summed E-state index contributed by atoms with van der Waals surface area (Å²) in [6, 6.07) is 6.96. The Morgan fingerprint density at radius 2 is 1.74 bits per heavy atom. The van der Waals surface area contributed by atoms with Gasteiger partial charge in [-0.2, -0.15) is 0 Å². The fraction of sp³-hybridized carbons (Fsp3) is 0.429. The molecule has 0 saturated heterocycles. The number of para-hydroxylation sites is 2. The average Bonchev–Trinajstić information content (AvgIpc) is 2.34. The highest BCUT2D eigenvalue weighted by molar-refractivity contribution is 6.38. The second-order valence-electron chi connectivity index (χ2n) is 5.04. The van der Waals surface area contributed by atoms with E-state index in [1.165, 1.54) is 19.1 Å². The van der Waals surface area contributed by atoms with Crippen LogP contribution < -0.4 is 9.64 Å². The summed E-state index contributed by atoms with van der Waals surface area (Å²) in [5, 5.41) is 0. The molecule has 5 nitrogen and oxygen atoms in total. The maximum Gasteiger partial charge on any atom is 0.397 e. The van der Waals surface area contributed by atoms with Gasteiger partial charge in [0.2, 0.25) is 0 Å². The minimum atomic E-state index is -0.888. The van der Waals surface area contributed by atoms with E-state index in [9.17, 15) is 9.59 Å². The van der Waals surface area contributed by atoms with Gasteiger partial charge in [-0.1, -0.05) is 12.1 Å². The van der Waals surface area contributed by atoms with Crippen molar-refractivity contribution in [3.05, 3.63) is 24.3 Å². The first-order valence-corrected chi connectivity index (χ1v) is 5.90.